The Morgan fingerprint density at radius 2 is 1.90 bits per heavy atom. The minimum atomic E-state index is -0.691. The van der Waals surface area contributed by atoms with E-state index in [1.807, 2.05) is 0 Å². The first kappa shape index (κ1) is 13.9. The summed E-state index contributed by atoms with van der Waals surface area (Å²) < 4.78 is 26.5. The fraction of sp³-hybridized carbons (Fsp3) is 0.143. The van der Waals surface area contributed by atoms with Crippen molar-refractivity contribution in [3.05, 3.63) is 69.8 Å². The van der Waals surface area contributed by atoms with Gasteiger partial charge in [-0.05, 0) is 19.1 Å². The number of nitro benzene ring substituents is 1. The second kappa shape index (κ2) is 5.64. The van der Waals surface area contributed by atoms with E-state index in [1.165, 1.54) is 18.2 Å². The van der Waals surface area contributed by atoms with E-state index in [-0.39, 0.29) is 16.9 Å². The number of benzene rings is 2. The Morgan fingerprint density at radius 1 is 1.20 bits per heavy atom. The Hall–Kier alpha value is -2.50. The van der Waals surface area contributed by atoms with E-state index in [2.05, 4.69) is 5.32 Å². The van der Waals surface area contributed by atoms with Gasteiger partial charge in [-0.25, -0.2) is 8.78 Å². The molecule has 2 rings (SSSR count). The Balaban J connectivity index is 2.28. The molecule has 2 aromatic rings. The van der Waals surface area contributed by atoms with Gasteiger partial charge in [0.05, 0.1) is 11.0 Å². The van der Waals surface area contributed by atoms with Crippen LogP contribution in [0.15, 0.2) is 42.5 Å². The smallest absolute Gasteiger partial charge is 0.292 e. The average Bonchev–Trinajstić information content (AvgIpc) is 2.38. The van der Waals surface area contributed by atoms with Gasteiger partial charge in [-0.2, -0.15) is 0 Å². The third kappa shape index (κ3) is 2.90. The molecule has 20 heavy (non-hydrogen) atoms. The molecule has 4 nitrogen and oxygen atoms in total. The van der Waals surface area contributed by atoms with Crippen LogP contribution in [-0.2, 0) is 0 Å². The van der Waals surface area contributed by atoms with E-state index in [0.717, 1.165) is 12.1 Å². The fourth-order valence-corrected chi connectivity index (χ4v) is 1.92. The third-order valence-electron chi connectivity index (χ3n) is 2.90. The molecule has 0 aliphatic rings. The van der Waals surface area contributed by atoms with Crippen LogP contribution >= 0.6 is 0 Å². The number of anilines is 1. The van der Waals surface area contributed by atoms with Crippen molar-refractivity contribution in [1.82, 2.24) is 0 Å². The van der Waals surface area contributed by atoms with Gasteiger partial charge < -0.3 is 5.32 Å². The molecule has 0 spiro atoms. The van der Waals surface area contributed by atoms with Gasteiger partial charge in [-0.15, -0.1) is 0 Å². The first-order valence-corrected chi connectivity index (χ1v) is 5.94. The first-order valence-electron chi connectivity index (χ1n) is 5.94. The Labute approximate surface area is 114 Å². The highest BCUT2D eigenvalue weighted by Gasteiger charge is 2.17. The number of nitrogens with one attached hydrogen (secondary N) is 1. The fourth-order valence-electron chi connectivity index (χ4n) is 1.92. The third-order valence-corrected chi connectivity index (χ3v) is 2.90. The topological polar surface area (TPSA) is 55.2 Å². The highest BCUT2D eigenvalue weighted by molar-refractivity contribution is 5.62. The molecule has 0 fully saturated rings. The lowest BCUT2D eigenvalue weighted by molar-refractivity contribution is -0.384. The Kier molecular flexibility index (Phi) is 3.93. The maximum absolute atomic E-state index is 13.6. The molecule has 0 aromatic heterocycles. The predicted octanol–water partition coefficient (Wildman–Crippen LogP) is 4.05. The van der Waals surface area contributed by atoms with Crippen molar-refractivity contribution < 1.29 is 13.7 Å². The Morgan fingerprint density at radius 3 is 2.55 bits per heavy atom. The normalized spacial score (nSPS) is 11.9. The van der Waals surface area contributed by atoms with E-state index in [1.54, 1.807) is 19.1 Å². The van der Waals surface area contributed by atoms with Gasteiger partial charge in [0.25, 0.3) is 5.69 Å². The van der Waals surface area contributed by atoms with Crippen LogP contribution in [0.3, 0.4) is 0 Å². The van der Waals surface area contributed by atoms with Crippen molar-refractivity contribution in [2.75, 3.05) is 5.32 Å². The van der Waals surface area contributed by atoms with Crippen LogP contribution in [0, 0.1) is 21.7 Å². The number of rotatable bonds is 4. The second-order valence-electron chi connectivity index (χ2n) is 4.31. The molecule has 0 aliphatic heterocycles. The zero-order chi connectivity index (χ0) is 14.7. The van der Waals surface area contributed by atoms with Crippen molar-refractivity contribution in [2.24, 2.45) is 0 Å². The van der Waals surface area contributed by atoms with Gasteiger partial charge in [0, 0.05) is 17.7 Å². The summed E-state index contributed by atoms with van der Waals surface area (Å²) in [5, 5.41) is 13.8. The lowest BCUT2D eigenvalue weighted by atomic mass is 10.1. The molecule has 2 aromatic carbocycles. The Bertz CT molecular complexity index is 647. The number of nitro groups is 1. The van der Waals surface area contributed by atoms with E-state index in [0.29, 0.717) is 0 Å². The van der Waals surface area contributed by atoms with Crippen LogP contribution in [-0.4, -0.2) is 4.92 Å². The van der Waals surface area contributed by atoms with Gasteiger partial charge in [0.15, 0.2) is 0 Å². The maximum Gasteiger partial charge on any atom is 0.292 e. The lowest BCUT2D eigenvalue weighted by Crippen LogP contribution is -2.10. The van der Waals surface area contributed by atoms with Crippen molar-refractivity contribution in [1.29, 1.82) is 0 Å². The van der Waals surface area contributed by atoms with Crippen LogP contribution in [0.2, 0.25) is 0 Å². The molecular formula is C14H12F2N2O2. The van der Waals surface area contributed by atoms with E-state index < -0.39 is 22.6 Å². The molecule has 0 heterocycles. The van der Waals surface area contributed by atoms with Crippen LogP contribution < -0.4 is 5.32 Å². The summed E-state index contributed by atoms with van der Waals surface area (Å²) in [6.07, 6.45) is 0. The van der Waals surface area contributed by atoms with Crippen molar-refractivity contribution in [2.45, 2.75) is 13.0 Å². The standard InChI is InChI=1S/C14H12F2N2O2/c1-9(11-7-6-10(15)8-12(11)16)17-13-4-2-3-5-14(13)18(19)20/h2-9,17H,1H3. The summed E-state index contributed by atoms with van der Waals surface area (Å²) in [5.41, 5.74) is 0.431. The average molecular weight is 278 g/mol. The molecular weight excluding hydrogens is 266 g/mol. The zero-order valence-electron chi connectivity index (χ0n) is 10.6. The van der Waals surface area contributed by atoms with Gasteiger partial charge in [0.1, 0.15) is 17.3 Å². The first-order chi connectivity index (χ1) is 9.49. The van der Waals surface area contributed by atoms with E-state index >= 15 is 0 Å². The lowest BCUT2D eigenvalue weighted by Gasteiger charge is -2.16. The molecule has 0 amide bonds. The minimum absolute atomic E-state index is 0.0955. The van der Waals surface area contributed by atoms with Crippen molar-refractivity contribution >= 4 is 11.4 Å². The van der Waals surface area contributed by atoms with Crippen LogP contribution in [0.25, 0.3) is 0 Å². The van der Waals surface area contributed by atoms with Crippen LogP contribution in [0.4, 0.5) is 20.2 Å². The summed E-state index contributed by atoms with van der Waals surface area (Å²) in [6, 6.07) is 8.80. The molecule has 1 atom stereocenters. The molecule has 0 aliphatic carbocycles. The number of nitrogens with zero attached hydrogens (tertiary/aromatic N) is 1. The SMILES string of the molecule is CC(Nc1ccccc1[N+](=O)[O-])c1ccc(F)cc1F. The molecule has 0 radical (unpaired) electrons. The van der Waals surface area contributed by atoms with Gasteiger partial charge >= 0.3 is 0 Å². The van der Waals surface area contributed by atoms with E-state index in [9.17, 15) is 18.9 Å². The summed E-state index contributed by atoms with van der Waals surface area (Å²) >= 11 is 0. The molecule has 1 unspecified atom stereocenters. The predicted molar refractivity (Wildman–Crippen MR) is 71.5 cm³/mol. The molecule has 1 N–H and O–H groups in total. The molecule has 0 bridgehead atoms. The number of halogens is 2. The molecule has 0 saturated carbocycles. The van der Waals surface area contributed by atoms with Gasteiger partial charge in [-0.1, -0.05) is 18.2 Å². The largest absolute Gasteiger partial charge is 0.373 e. The molecule has 0 saturated heterocycles. The second-order valence-corrected chi connectivity index (χ2v) is 4.31. The van der Waals surface area contributed by atoms with E-state index in [4.69, 9.17) is 0 Å². The monoisotopic (exact) mass is 278 g/mol. The summed E-state index contributed by atoms with van der Waals surface area (Å²) in [6.45, 7) is 1.65. The van der Waals surface area contributed by atoms with Crippen LogP contribution in [0.5, 0.6) is 0 Å². The number of hydrogen-bond donors (Lipinski definition) is 1. The summed E-state index contributed by atoms with van der Waals surface area (Å²) in [7, 11) is 0. The zero-order valence-corrected chi connectivity index (χ0v) is 10.6. The highest BCUT2D eigenvalue weighted by Crippen LogP contribution is 2.28. The van der Waals surface area contributed by atoms with Crippen molar-refractivity contribution in [3.63, 3.8) is 0 Å². The van der Waals surface area contributed by atoms with Gasteiger partial charge in [0.2, 0.25) is 0 Å². The minimum Gasteiger partial charge on any atom is -0.373 e. The summed E-state index contributed by atoms with van der Waals surface area (Å²) in [4.78, 5) is 10.4. The number of para-hydroxylation sites is 2. The highest BCUT2D eigenvalue weighted by atomic mass is 19.1. The molecule has 6 heteroatoms. The van der Waals surface area contributed by atoms with Crippen LogP contribution in [0.1, 0.15) is 18.5 Å². The molecule has 104 valence electrons. The summed E-state index contributed by atoms with van der Waals surface area (Å²) in [5.74, 6) is -1.35. The quantitative estimate of drug-likeness (QED) is 0.678. The maximum atomic E-state index is 13.6. The number of hydrogen-bond acceptors (Lipinski definition) is 3. The van der Waals surface area contributed by atoms with Gasteiger partial charge in [-0.3, -0.25) is 10.1 Å². The van der Waals surface area contributed by atoms with Crippen molar-refractivity contribution in [3.8, 4) is 0 Å².